The number of nitro groups is 1. The van der Waals surface area contributed by atoms with Gasteiger partial charge in [-0.1, -0.05) is 13.0 Å². The van der Waals surface area contributed by atoms with Gasteiger partial charge in [0.25, 0.3) is 5.69 Å². The van der Waals surface area contributed by atoms with E-state index in [0.29, 0.717) is 12.0 Å². The maximum Gasteiger partial charge on any atom is 0.272 e. The summed E-state index contributed by atoms with van der Waals surface area (Å²) < 4.78 is 25.6. The van der Waals surface area contributed by atoms with Crippen molar-refractivity contribution in [3.63, 3.8) is 0 Å². The van der Waals surface area contributed by atoms with Crippen molar-refractivity contribution in [2.75, 3.05) is 0 Å². The lowest BCUT2D eigenvalue weighted by Crippen LogP contribution is -2.58. The molecular weight excluding hydrogens is 405 g/mol. The van der Waals surface area contributed by atoms with Crippen LogP contribution in [-0.4, -0.2) is 27.7 Å². The monoisotopic (exact) mass is 429 g/mol. The molecule has 3 rings (SSSR count). The Hall–Kier alpha value is -3.13. The fourth-order valence-corrected chi connectivity index (χ4v) is 3.88. The van der Waals surface area contributed by atoms with Crippen LogP contribution in [0.1, 0.15) is 51.7 Å². The first-order chi connectivity index (χ1) is 14.4. The van der Waals surface area contributed by atoms with Crippen molar-refractivity contribution in [1.29, 1.82) is 0 Å². The van der Waals surface area contributed by atoms with Gasteiger partial charge in [-0.15, -0.1) is 0 Å². The van der Waals surface area contributed by atoms with E-state index in [0.717, 1.165) is 23.8 Å². The van der Waals surface area contributed by atoms with Gasteiger partial charge in [0.05, 0.1) is 11.0 Å². The van der Waals surface area contributed by atoms with E-state index in [1.807, 2.05) is 6.92 Å². The van der Waals surface area contributed by atoms with Crippen molar-refractivity contribution in [1.82, 2.24) is 0 Å². The van der Waals surface area contributed by atoms with Crippen molar-refractivity contribution < 1.29 is 28.4 Å². The van der Waals surface area contributed by atoms with Gasteiger partial charge in [-0.2, -0.15) is 0 Å². The minimum absolute atomic E-state index is 0.203. The summed E-state index contributed by atoms with van der Waals surface area (Å²) in [5.41, 5.74) is -1.43. The number of nitro benzene ring substituents is 1. The largest absolute Gasteiger partial charge is 0.454 e. The topological polar surface area (TPSA) is 95.7 Å². The Balaban J connectivity index is 2.04. The third-order valence-electron chi connectivity index (χ3n) is 5.38. The molecule has 2 aromatic carbocycles. The van der Waals surface area contributed by atoms with E-state index in [2.05, 4.69) is 0 Å². The lowest BCUT2D eigenvalue weighted by molar-refractivity contribution is -0.385. The number of ether oxygens (including phenoxy) is 2. The molecule has 0 N–H and O–H groups in total. The van der Waals surface area contributed by atoms with E-state index in [4.69, 9.17) is 9.47 Å². The number of aryl methyl sites for hydroxylation is 1. The molecule has 0 spiro atoms. The third kappa shape index (κ3) is 4.20. The van der Waals surface area contributed by atoms with Crippen LogP contribution in [0.5, 0.6) is 11.5 Å². The lowest BCUT2D eigenvalue weighted by Gasteiger charge is -2.43. The number of Topliss-reactive ketones (excluding diaryl/α,β-unsaturated/α-hetero) is 2. The predicted molar refractivity (Wildman–Crippen MR) is 111 cm³/mol. The minimum atomic E-state index is -1.16. The second-order valence-corrected chi connectivity index (χ2v) is 8.47. The first kappa shape index (κ1) is 22.6. The zero-order chi connectivity index (χ0) is 23.1. The van der Waals surface area contributed by atoms with E-state index >= 15 is 0 Å². The molecule has 164 valence electrons. The van der Waals surface area contributed by atoms with Crippen LogP contribution in [0.2, 0.25) is 0 Å². The van der Waals surface area contributed by atoms with Gasteiger partial charge in [-0.3, -0.25) is 19.7 Å². The maximum atomic E-state index is 14.3. The summed E-state index contributed by atoms with van der Waals surface area (Å²) in [6.07, 6.45) is 0.570. The van der Waals surface area contributed by atoms with E-state index in [-0.39, 0.29) is 23.1 Å². The van der Waals surface area contributed by atoms with E-state index in [1.165, 1.54) is 0 Å². The Labute approximate surface area is 179 Å². The van der Waals surface area contributed by atoms with Crippen molar-refractivity contribution in [2.45, 2.75) is 58.2 Å². The normalized spacial score (nSPS) is 18.1. The first-order valence-electron chi connectivity index (χ1n) is 9.91. The molecule has 2 aromatic rings. The van der Waals surface area contributed by atoms with Crippen LogP contribution in [0.4, 0.5) is 10.1 Å². The Kier molecular flexibility index (Phi) is 5.71. The van der Waals surface area contributed by atoms with Crippen LogP contribution < -0.4 is 4.74 Å². The van der Waals surface area contributed by atoms with Crippen LogP contribution in [0.15, 0.2) is 36.4 Å². The Morgan fingerprint density at radius 3 is 2.19 bits per heavy atom. The highest BCUT2D eigenvalue weighted by Crippen LogP contribution is 2.41. The van der Waals surface area contributed by atoms with Gasteiger partial charge >= 0.3 is 0 Å². The number of hydrogen-bond donors (Lipinski definition) is 0. The van der Waals surface area contributed by atoms with E-state index in [9.17, 15) is 24.1 Å². The third-order valence-corrected chi connectivity index (χ3v) is 5.38. The van der Waals surface area contributed by atoms with Crippen molar-refractivity contribution in [2.24, 2.45) is 0 Å². The summed E-state index contributed by atoms with van der Waals surface area (Å²) in [5.74, 6) is -2.64. The highest BCUT2D eigenvalue weighted by atomic mass is 19.1. The predicted octanol–water partition coefficient (Wildman–Crippen LogP) is 4.90. The molecule has 0 aromatic heterocycles. The highest BCUT2D eigenvalue weighted by Gasteiger charge is 2.53. The minimum Gasteiger partial charge on any atom is -0.454 e. The van der Waals surface area contributed by atoms with Crippen LogP contribution in [0.3, 0.4) is 0 Å². The summed E-state index contributed by atoms with van der Waals surface area (Å²) in [6.45, 7) is 8.44. The Morgan fingerprint density at radius 1 is 1.06 bits per heavy atom. The summed E-state index contributed by atoms with van der Waals surface area (Å²) in [4.78, 5) is 36.4. The van der Waals surface area contributed by atoms with Gasteiger partial charge in [0.2, 0.25) is 0 Å². The number of halogens is 1. The molecule has 31 heavy (non-hydrogen) atoms. The number of nitrogens with zero attached hydrogens (tertiary/aromatic N) is 1. The molecule has 0 atom stereocenters. The average molecular weight is 429 g/mol. The highest BCUT2D eigenvalue weighted by molar-refractivity contribution is 6.15. The number of hydrogen-bond acceptors (Lipinski definition) is 6. The zero-order valence-corrected chi connectivity index (χ0v) is 18.0. The molecule has 8 heteroatoms. The van der Waals surface area contributed by atoms with Crippen LogP contribution in [0.25, 0.3) is 0 Å². The van der Waals surface area contributed by atoms with Gasteiger partial charge in [-0.25, -0.2) is 4.39 Å². The smallest absolute Gasteiger partial charge is 0.272 e. The van der Waals surface area contributed by atoms with Gasteiger partial charge in [0.15, 0.2) is 23.1 Å². The van der Waals surface area contributed by atoms with E-state index in [1.54, 1.807) is 45.9 Å². The molecule has 1 aliphatic heterocycles. The van der Waals surface area contributed by atoms with Crippen LogP contribution >= 0.6 is 0 Å². The number of ketones is 2. The summed E-state index contributed by atoms with van der Waals surface area (Å²) in [7, 11) is 0. The second kappa shape index (κ2) is 7.85. The number of rotatable bonds is 5. The average Bonchev–Trinajstić information content (AvgIpc) is 2.68. The summed E-state index contributed by atoms with van der Waals surface area (Å²) in [6, 6.07) is 7.96. The lowest BCUT2D eigenvalue weighted by atomic mass is 9.73. The SMILES string of the molecule is CCc1ccc(Oc2ccc([N+](=O)[O-])cc2F)cc1C1C(=O)C(C)(C)OC(C)(C)C1=O. The number of carbonyl (C=O) groups excluding carboxylic acids is 2. The molecule has 0 unspecified atom stereocenters. The molecule has 1 fully saturated rings. The molecular formula is C23H24FNO6. The second-order valence-electron chi connectivity index (χ2n) is 8.47. The van der Waals surface area contributed by atoms with Crippen molar-refractivity contribution in [3.8, 4) is 11.5 Å². The maximum absolute atomic E-state index is 14.3. The Bertz CT molecular complexity index is 1050. The van der Waals surface area contributed by atoms with E-state index < -0.39 is 33.5 Å². The molecule has 0 radical (unpaired) electrons. The quantitative estimate of drug-likeness (QED) is 0.381. The molecule has 1 heterocycles. The zero-order valence-electron chi connectivity index (χ0n) is 18.0. The van der Waals surface area contributed by atoms with Gasteiger partial charge in [0, 0.05) is 6.07 Å². The molecule has 7 nitrogen and oxygen atoms in total. The van der Waals surface area contributed by atoms with Gasteiger partial charge in [-0.05, 0) is 63.4 Å². The molecule has 1 aliphatic rings. The van der Waals surface area contributed by atoms with Gasteiger partial charge < -0.3 is 9.47 Å². The van der Waals surface area contributed by atoms with Crippen LogP contribution in [0, 0.1) is 15.9 Å². The fraction of sp³-hybridized carbons (Fsp3) is 0.391. The molecule has 0 amide bonds. The van der Waals surface area contributed by atoms with Gasteiger partial charge in [0.1, 0.15) is 22.9 Å². The number of non-ortho nitro benzene ring substituents is 1. The van der Waals surface area contributed by atoms with Crippen molar-refractivity contribution in [3.05, 3.63) is 63.5 Å². The van der Waals surface area contributed by atoms with Crippen LogP contribution in [-0.2, 0) is 20.7 Å². The molecule has 1 saturated heterocycles. The van der Waals surface area contributed by atoms with Crippen molar-refractivity contribution >= 4 is 17.3 Å². The number of benzene rings is 2. The summed E-state index contributed by atoms with van der Waals surface area (Å²) >= 11 is 0. The summed E-state index contributed by atoms with van der Waals surface area (Å²) in [5, 5.41) is 10.8. The molecule has 0 bridgehead atoms. The Morgan fingerprint density at radius 2 is 1.68 bits per heavy atom. The standard InChI is InChI=1S/C23H24FNO6/c1-6-13-7-9-15(30-18-10-8-14(25(28)29)11-17(18)24)12-16(13)19-20(26)22(2,3)31-23(4,5)21(19)27/h7-12,19H,6H2,1-5H3. The number of carbonyl (C=O) groups is 2. The fourth-order valence-electron chi connectivity index (χ4n) is 3.88. The molecule has 0 saturated carbocycles. The first-order valence-corrected chi connectivity index (χ1v) is 9.91. The molecule has 0 aliphatic carbocycles.